The minimum absolute atomic E-state index is 0.00923. The van der Waals surface area contributed by atoms with E-state index in [2.05, 4.69) is 131 Å². The van der Waals surface area contributed by atoms with Gasteiger partial charge in [0.15, 0.2) is 0 Å². The lowest BCUT2D eigenvalue weighted by Crippen LogP contribution is -2.37. The lowest BCUT2D eigenvalue weighted by Gasteiger charge is -2.19. The van der Waals surface area contributed by atoms with Crippen molar-refractivity contribution < 1.29 is 38.4 Å². The summed E-state index contributed by atoms with van der Waals surface area (Å²) in [4.78, 5) is 122. The zero-order chi connectivity index (χ0) is 72.4. The Morgan fingerprint density at radius 1 is 0.359 bits per heavy atom. The van der Waals surface area contributed by atoms with E-state index in [0.29, 0.717) is 62.7 Å². The number of aryl methyl sites for hydroxylation is 2. The molecule has 0 bridgehead atoms. The molecule has 12 aromatic rings. The van der Waals surface area contributed by atoms with Crippen LogP contribution in [0.4, 0.5) is 0 Å². The lowest BCUT2D eigenvalue weighted by atomic mass is 9.84. The van der Waals surface area contributed by atoms with Crippen LogP contribution in [0.5, 0.6) is 0 Å². The number of H-pyrrole nitrogens is 6. The molecule has 0 saturated heterocycles. The fourth-order valence-electron chi connectivity index (χ4n) is 14.4. The summed E-state index contributed by atoms with van der Waals surface area (Å²) in [7, 11) is 4.92. The number of carbonyl (C=O) groups is 8. The number of carbonyl (C=O) groups excluding carboxylic acids is 8. The molecule has 6 aromatic heterocycles. The number of hydrogen-bond acceptors (Lipinski definition) is 8. The maximum absolute atomic E-state index is 13.7. The standard InChI is InChI=1S/C29H28N4O4.C28H34N4O2.C26H30N4O2/c1-30-24(34)14-4-2-3-5-15-25(35)33-28(36)26(20-16-31-22-12-8-6-10-18(20)22)27(29(33)37)21-17-32-23-13-9-7-11-19(21)23;1-18-27(20-11-6-8-13-23(20)31-18)22(28-19(2)32-24-14-9-7-12-21(24)28)17-26(34)30-16-10-4-5-15-25(33)29-3;1-27-25(31)13-3-2-8-14-28-26(32)15-20(21-16-29-23-11-6-4-9-18(21)23)22-17-30-24-12-7-5-10-19(22)24/h6-13,16-17,31-32H,2-5,14-15H2,1H3,(H,30,34);6-9,11-14,22,31-32H,4-5,10,15-17H2,1-3H3,(H,29,33)(H,30,34);4-7,9-12,16-17,20,29-30H,2-3,8,13-15H2,1H3,(H,27,31)(H,28,32). The summed E-state index contributed by atoms with van der Waals surface area (Å²) in [6, 6.07) is 48.2. The van der Waals surface area contributed by atoms with Crippen LogP contribution in [0.25, 0.3) is 76.6 Å². The van der Waals surface area contributed by atoms with Crippen molar-refractivity contribution in [1.29, 1.82) is 0 Å². The number of amides is 8. The maximum atomic E-state index is 13.7. The van der Waals surface area contributed by atoms with E-state index in [0.717, 1.165) is 151 Å². The van der Waals surface area contributed by atoms with Crippen LogP contribution in [-0.2, 0) is 38.4 Å². The minimum atomic E-state index is -0.598. The zero-order valence-corrected chi connectivity index (χ0v) is 59.3. The van der Waals surface area contributed by atoms with Crippen molar-refractivity contribution in [3.05, 3.63) is 215 Å². The van der Waals surface area contributed by atoms with E-state index in [9.17, 15) is 38.4 Å². The molecule has 13 rings (SSSR count). The Morgan fingerprint density at radius 2 is 0.680 bits per heavy atom. The predicted molar refractivity (Wildman–Crippen MR) is 409 cm³/mol. The van der Waals surface area contributed by atoms with Crippen LogP contribution in [0.1, 0.15) is 159 Å². The van der Waals surface area contributed by atoms with Gasteiger partial charge in [-0.25, -0.2) is 4.90 Å². The molecule has 0 saturated carbocycles. The molecule has 6 aromatic carbocycles. The lowest BCUT2D eigenvalue weighted by molar-refractivity contribution is -0.148. The highest BCUT2D eigenvalue weighted by molar-refractivity contribution is 6.53. The van der Waals surface area contributed by atoms with Crippen molar-refractivity contribution in [3.8, 4) is 0 Å². The van der Waals surface area contributed by atoms with E-state index in [4.69, 9.17) is 0 Å². The molecule has 1 aliphatic rings. The molecule has 0 radical (unpaired) electrons. The Bertz CT molecular complexity index is 4800. The van der Waals surface area contributed by atoms with Crippen molar-refractivity contribution in [2.75, 3.05) is 34.2 Å². The van der Waals surface area contributed by atoms with Gasteiger partial charge < -0.3 is 56.5 Å². The minimum Gasteiger partial charge on any atom is -0.361 e. The van der Waals surface area contributed by atoms with Crippen LogP contribution in [-0.4, -0.2) is 116 Å². The Labute approximate surface area is 598 Å². The number of nitrogens with one attached hydrogen (secondary N) is 11. The van der Waals surface area contributed by atoms with Gasteiger partial charge in [0.2, 0.25) is 35.4 Å². The number of fused-ring (bicyclic) bond motifs is 6. The first-order valence-corrected chi connectivity index (χ1v) is 35.9. The summed E-state index contributed by atoms with van der Waals surface area (Å²) < 4.78 is 0. The van der Waals surface area contributed by atoms with Crippen molar-refractivity contribution in [2.45, 2.75) is 128 Å². The first-order valence-electron chi connectivity index (χ1n) is 35.9. The molecule has 103 heavy (non-hydrogen) atoms. The van der Waals surface area contributed by atoms with Crippen LogP contribution < -0.4 is 26.6 Å². The third-order valence-corrected chi connectivity index (χ3v) is 19.6. The van der Waals surface area contributed by atoms with Gasteiger partial charge in [0.25, 0.3) is 11.8 Å². The van der Waals surface area contributed by atoms with Crippen LogP contribution >= 0.6 is 0 Å². The topological polar surface area (TPSA) is 295 Å². The third-order valence-electron chi connectivity index (χ3n) is 19.6. The van der Waals surface area contributed by atoms with Crippen LogP contribution in [0.2, 0.25) is 0 Å². The van der Waals surface area contributed by atoms with Gasteiger partial charge in [-0.05, 0) is 111 Å². The fraction of sp³-hybridized carbons (Fsp3) is 0.301. The molecule has 11 N–H and O–H groups in total. The summed E-state index contributed by atoms with van der Waals surface area (Å²) in [5, 5.41) is 20.3. The summed E-state index contributed by atoms with van der Waals surface area (Å²) in [5.74, 6) is -1.62. The van der Waals surface area contributed by atoms with Gasteiger partial charge in [0.05, 0.1) is 11.1 Å². The average Bonchev–Trinajstić information content (AvgIpc) is 1.60. The van der Waals surface area contributed by atoms with Crippen molar-refractivity contribution >= 4 is 124 Å². The highest BCUT2D eigenvalue weighted by Gasteiger charge is 2.44. The second-order valence-corrected chi connectivity index (χ2v) is 26.4. The van der Waals surface area contributed by atoms with Gasteiger partial charge in [-0.3, -0.25) is 38.4 Å². The monoisotopic (exact) mass is 1380 g/mol. The van der Waals surface area contributed by atoms with Gasteiger partial charge >= 0.3 is 0 Å². The fourth-order valence-corrected chi connectivity index (χ4v) is 14.4. The number of imide groups is 3. The summed E-state index contributed by atoms with van der Waals surface area (Å²) in [6.45, 7) is 5.44. The molecule has 0 spiro atoms. The maximum Gasteiger partial charge on any atom is 0.269 e. The highest BCUT2D eigenvalue weighted by atomic mass is 16.2. The van der Waals surface area contributed by atoms with Gasteiger partial charge in [0, 0.05) is 197 Å². The van der Waals surface area contributed by atoms with Crippen LogP contribution in [0, 0.1) is 13.8 Å². The molecule has 1 aliphatic heterocycles. The zero-order valence-electron chi connectivity index (χ0n) is 59.3. The number of rotatable bonds is 29. The van der Waals surface area contributed by atoms with Crippen molar-refractivity contribution in [3.63, 3.8) is 0 Å². The Kier molecular flexibility index (Phi) is 24.5. The smallest absolute Gasteiger partial charge is 0.269 e. The molecule has 20 nitrogen and oxygen atoms in total. The second kappa shape index (κ2) is 34.7. The number of hydrogen-bond donors (Lipinski definition) is 11. The second-order valence-electron chi connectivity index (χ2n) is 26.4. The molecular weight excluding hydrogens is 1290 g/mol. The largest absolute Gasteiger partial charge is 0.361 e. The molecular formula is C83H92N12O8. The van der Waals surface area contributed by atoms with E-state index in [-0.39, 0.29) is 58.9 Å². The highest BCUT2D eigenvalue weighted by Crippen LogP contribution is 2.43. The van der Waals surface area contributed by atoms with Gasteiger partial charge in [-0.15, -0.1) is 0 Å². The number of benzene rings is 6. The predicted octanol–water partition coefficient (Wildman–Crippen LogP) is 14.3. The number of nitrogens with zero attached hydrogens (tertiary/aromatic N) is 1. The van der Waals surface area contributed by atoms with Crippen molar-refractivity contribution in [1.82, 2.24) is 61.4 Å². The quantitative estimate of drug-likeness (QED) is 0.0158. The normalized spacial score (nSPS) is 12.2. The first kappa shape index (κ1) is 72.7. The summed E-state index contributed by atoms with van der Waals surface area (Å²) in [5.41, 5.74) is 14.5. The average molecular weight is 1390 g/mol. The van der Waals surface area contributed by atoms with Crippen LogP contribution in [0.3, 0.4) is 0 Å². The van der Waals surface area contributed by atoms with Gasteiger partial charge in [-0.1, -0.05) is 135 Å². The van der Waals surface area contributed by atoms with Crippen molar-refractivity contribution in [2.24, 2.45) is 0 Å². The van der Waals surface area contributed by atoms with E-state index in [1.807, 2.05) is 97.3 Å². The van der Waals surface area contributed by atoms with E-state index in [1.165, 1.54) is 11.1 Å². The summed E-state index contributed by atoms with van der Waals surface area (Å²) >= 11 is 0. The molecule has 20 heteroatoms. The molecule has 532 valence electrons. The molecule has 0 fully saturated rings. The Balaban J connectivity index is 0.000000155. The Hall–Kier alpha value is -11.5. The van der Waals surface area contributed by atoms with E-state index < -0.39 is 17.7 Å². The number of para-hydroxylation sites is 6. The molecule has 7 heterocycles. The SMILES string of the molecule is CNC(=O)CCCCCCC(=O)N1C(=O)C(c2c[nH]c3ccccc23)=C(c2c[nH]c3ccccc23)C1=O.CNC(=O)CCCCCNC(=O)CC(c1c(C)[nH]c2ccccc12)c1c(C)[nH]c2ccccc12.CNC(=O)CCCCCNC(=O)CC(c1c[nH]c2ccccc12)c1c[nH]c2ccccc12. The molecule has 0 aliphatic carbocycles. The third kappa shape index (κ3) is 17.1. The van der Waals surface area contributed by atoms with Gasteiger partial charge in [0.1, 0.15) is 0 Å². The van der Waals surface area contributed by atoms with Crippen LogP contribution in [0.15, 0.2) is 170 Å². The molecule has 8 amide bonds. The Morgan fingerprint density at radius 3 is 1.08 bits per heavy atom. The van der Waals surface area contributed by atoms with E-state index >= 15 is 0 Å². The van der Waals surface area contributed by atoms with Gasteiger partial charge in [-0.2, -0.15) is 0 Å². The first-order chi connectivity index (χ1) is 50.2. The van der Waals surface area contributed by atoms with E-state index in [1.54, 1.807) is 33.5 Å². The number of aromatic amines is 6. The number of unbranched alkanes of at least 4 members (excludes halogenated alkanes) is 7. The molecule has 0 unspecified atom stereocenters. The number of aromatic nitrogens is 6. The summed E-state index contributed by atoms with van der Waals surface area (Å²) in [6.07, 6.45) is 17.9. The molecule has 0 atom stereocenters.